The number of likely N-dealkylation sites (tertiary alicyclic amines) is 1. The number of hydrogen-bond donors (Lipinski definition) is 3. The summed E-state index contributed by atoms with van der Waals surface area (Å²) in [5.41, 5.74) is 0.190. The minimum atomic E-state index is -0.444. The molecule has 7 heteroatoms. The molecule has 25 heavy (non-hydrogen) atoms. The molecule has 0 aliphatic carbocycles. The number of piperidine rings is 1. The number of benzene rings is 1. The lowest BCUT2D eigenvalue weighted by atomic mass is 9.98. The van der Waals surface area contributed by atoms with E-state index in [0.29, 0.717) is 19.6 Å². The number of para-hydroxylation sites is 1. The van der Waals surface area contributed by atoms with Crippen LogP contribution in [0.1, 0.15) is 25.7 Å². The molecule has 0 bridgehead atoms. The molecule has 0 aromatic heterocycles. The van der Waals surface area contributed by atoms with Crippen molar-refractivity contribution in [2.24, 2.45) is 5.92 Å². The van der Waals surface area contributed by atoms with Crippen LogP contribution in [0.3, 0.4) is 0 Å². The first-order valence-electron chi connectivity index (χ1n) is 8.95. The number of amides is 3. The lowest BCUT2D eigenvalue weighted by Gasteiger charge is -2.33. The summed E-state index contributed by atoms with van der Waals surface area (Å²) in [5.74, 6) is -0.170. The summed E-state index contributed by atoms with van der Waals surface area (Å²) in [6.45, 7) is 2.68. The van der Waals surface area contributed by atoms with Gasteiger partial charge in [-0.1, -0.05) is 12.1 Å². The maximum atomic E-state index is 13.7. The minimum absolute atomic E-state index is 0.0467. The molecule has 136 valence electrons. The largest absolute Gasteiger partial charge is 0.354 e. The fraction of sp³-hybridized carbons (Fsp3) is 0.556. The summed E-state index contributed by atoms with van der Waals surface area (Å²) in [4.78, 5) is 26.1. The van der Waals surface area contributed by atoms with Crippen LogP contribution in [0.4, 0.5) is 14.9 Å². The van der Waals surface area contributed by atoms with Gasteiger partial charge in [-0.05, 0) is 50.3 Å². The van der Waals surface area contributed by atoms with Crippen LogP contribution in [0.15, 0.2) is 24.3 Å². The number of halogens is 1. The first-order chi connectivity index (χ1) is 12.1. The second-order valence-electron chi connectivity index (χ2n) is 6.76. The van der Waals surface area contributed by atoms with E-state index >= 15 is 0 Å². The predicted molar refractivity (Wildman–Crippen MR) is 93.8 cm³/mol. The van der Waals surface area contributed by atoms with Gasteiger partial charge < -0.3 is 20.9 Å². The Balaban J connectivity index is 1.48. The van der Waals surface area contributed by atoms with Crippen LogP contribution in [0.5, 0.6) is 0 Å². The van der Waals surface area contributed by atoms with Gasteiger partial charge in [0.15, 0.2) is 0 Å². The Labute approximate surface area is 147 Å². The van der Waals surface area contributed by atoms with Crippen LogP contribution in [-0.4, -0.2) is 49.1 Å². The van der Waals surface area contributed by atoms with Gasteiger partial charge in [0.25, 0.3) is 0 Å². The van der Waals surface area contributed by atoms with Gasteiger partial charge in [0.05, 0.1) is 11.7 Å². The molecule has 2 fully saturated rings. The van der Waals surface area contributed by atoms with Gasteiger partial charge in [-0.2, -0.15) is 0 Å². The number of hydrogen-bond acceptors (Lipinski definition) is 3. The number of anilines is 1. The summed E-state index contributed by atoms with van der Waals surface area (Å²) in [6, 6.07) is 5.77. The molecule has 2 atom stereocenters. The van der Waals surface area contributed by atoms with Gasteiger partial charge in [-0.25, -0.2) is 9.18 Å². The summed E-state index contributed by atoms with van der Waals surface area (Å²) in [5, 5.41) is 8.80. The highest BCUT2D eigenvalue weighted by Crippen LogP contribution is 2.19. The summed E-state index contributed by atoms with van der Waals surface area (Å²) < 4.78 is 13.7. The Morgan fingerprint density at radius 1 is 1.24 bits per heavy atom. The van der Waals surface area contributed by atoms with E-state index < -0.39 is 5.82 Å². The number of carbonyl (C=O) groups excluding carboxylic acids is 2. The first kappa shape index (κ1) is 17.7. The highest BCUT2D eigenvalue weighted by atomic mass is 19.1. The highest BCUT2D eigenvalue weighted by molar-refractivity contribution is 5.89. The zero-order chi connectivity index (χ0) is 17.6. The van der Waals surface area contributed by atoms with E-state index in [1.54, 1.807) is 23.1 Å². The molecule has 2 saturated heterocycles. The van der Waals surface area contributed by atoms with Gasteiger partial charge in [-0.3, -0.25) is 4.79 Å². The van der Waals surface area contributed by atoms with E-state index in [9.17, 15) is 14.0 Å². The Bertz CT molecular complexity index is 619. The van der Waals surface area contributed by atoms with Crippen LogP contribution in [0.2, 0.25) is 0 Å². The molecule has 2 aliphatic rings. The van der Waals surface area contributed by atoms with Crippen molar-refractivity contribution >= 4 is 17.6 Å². The van der Waals surface area contributed by atoms with Crippen molar-refractivity contribution in [2.75, 3.05) is 31.5 Å². The van der Waals surface area contributed by atoms with E-state index in [-0.39, 0.29) is 29.6 Å². The average molecular weight is 348 g/mol. The molecule has 1 aromatic carbocycles. The summed E-state index contributed by atoms with van der Waals surface area (Å²) in [6.07, 6.45) is 3.77. The van der Waals surface area contributed by atoms with Gasteiger partial charge in [0.2, 0.25) is 5.91 Å². The topological polar surface area (TPSA) is 73.5 Å². The molecule has 6 nitrogen and oxygen atoms in total. The van der Waals surface area contributed by atoms with Crippen LogP contribution >= 0.6 is 0 Å². The third kappa shape index (κ3) is 4.69. The number of nitrogens with one attached hydrogen (secondary N) is 3. The SMILES string of the molecule is O=C(NCC1CCCN(C(=O)Nc2ccccc2F)C1)C1CCCN1. The first-order valence-corrected chi connectivity index (χ1v) is 8.95. The molecule has 2 aliphatic heterocycles. The van der Waals surface area contributed by atoms with Crippen molar-refractivity contribution in [3.8, 4) is 0 Å². The third-order valence-electron chi connectivity index (χ3n) is 4.86. The normalized spacial score (nSPS) is 23.3. The van der Waals surface area contributed by atoms with Crippen LogP contribution in [-0.2, 0) is 4.79 Å². The Kier molecular flexibility index (Phi) is 5.86. The fourth-order valence-electron chi connectivity index (χ4n) is 3.45. The van der Waals surface area contributed by atoms with Crippen LogP contribution in [0.25, 0.3) is 0 Å². The monoisotopic (exact) mass is 348 g/mol. The van der Waals surface area contributed by atoms with Gasteiger partial charge >= 0.3 is 6.03 Å². The van der Waals surface area contributed by atoms with Gasteiger partial charge in [0, 0.05) is 19.6 Å². The molecule has 0 radical (unpaired) electrons. The van der Waals surface area contributed by atoms with Crippen molar-refractivity contribution in [1.82, 2.24) is 15.5 Å². The predicted octanol–water partition coefficient (Wildman–Crippen LogP) is 1.94. The highest BCUT2D eigenvalue weighted by Gasteiger charge is 2.26. The molecule has 2 unspecified atom stereocenters. The molecule has 2 heterocycles. The van der Waals surface area contributed by atoms with Crippen molar-refractivity contribution in [3.05, 3.63) is 30.1 Å². The second kappa shape index (κ2) is 8.29. The molecule has 3 rings (SSSR count). The van der Waals surface area contributed by atoms with Crippen molar-refractivity contribution in [2.45, 2.75) is 31.7 Å². The second-order valence-corrected chi connectivity index (χ2v) is 6.76. The van der Waals surface area contributed by atoms with Gasteiger partial charge in [0.1, 0.15) is 5.82 Å². The molecule has 3 N–H and O–H groups in total. The molecule has 0 spiro atoms. The number of urea groups is 1. The van der Waals surface area contributed by atoms with E-state index in [1.165, 1.54) is 6.07 Å². The zero-order valence-electron chi connectivity index (χ0n) is 14.3. The summed E-state index contributed by atoms with van der Waals surface area (Å²) >= 11 is 0. The Hall–Kier alpha value is -2.15. The molecule has 3 amide bonds. The van der Waals surface area contributed by atoms with Crippen LogP contribution < -0.4 is 16.0 Å². The smallest absolute Gasteiger partial charge is 0.321 e. The summed E-state index contributed by atoms with van der Waals surface area (Å²) in [7, 11) is 0. The van der Waals surface area contributed by atoms with Gasteiger partial charge in [-0.15, -0.1) is 0 Å². The third-order valence-corrected chi connectivity index (χ3v) is 4.86. The molecular formula is C18H25FN4O2. The number of rotatable bonds is 4. The van der Waals surface area contributed by atoms with E-state index in [1.807, 2.05) is 0 Å². The molecule has 1 aromatic rings. The minimum Gasteiger partial charge on any atom is -0.354 e. The van der Waals surface area contributed by atoms with Crippen molar-refractivity contribution < 1.29 is 14.0 Å². The zero-order valence-corrected chi connectivity index (χ0v) is 14.3. The Morgan fingerprint density at radius 3 is 2.84 bits per heavy atom. The van der Waals surface area contributed by atoms with Crippen molar-refractivity contribution in [1.29, 1.82) is 0 Å². The van der Waals surface area contributed by atoms with Crippen molar-refractivity contribution in [3.63, 3.8) is 0 Å². The maximum absolute atomic E-state index is 13.7. The number of nitrogens with zero attached hydrogens (tertiary/aromatic N) is 1. The molecular weight excluding hydrogens is 323 g/mol. The lowest BCUT2D eigenvalue weighted by Crippen LogP contribution is -2.47. The fourth-order valence-corrected chi connectivity index (χ4v) is 3.45. The molecule has 0 saturated carbocycles. The quantitative estimate of drug-likeness (QED) is 0.779. The maximum Gasteiger partial charge on any atom is 0.321 e. The van der Waals surface area contributed by atoms with E-state index in [4.69, 9.17) is 0 Å². The van der Waals surface area contributed by atoms with E-state index in [0.717, 1.165) is 32.2 Å². The standard InChI is InChI=1S/C18H25FN4O2/c19-14-6-1-2-7-15(14)22-18(25)23-10-4-5-13(12-23)11-21-17(24)16-8-3-9-20-16/h1-2,6-7,13,16,20H,3-5,8-12H2,(H,21,24)(H,22,25). The lowest BCUT2D eigenvalue weighted by molar-refractivity contribution is -0.123. The van der Waals surface area contributed by atoms with Crippen LogP contribution in [0, 0.1) is 11.7 Å². The average Bonchev–Trinajstić information content (AvgIpc) is 3.16. The number of carbonyl (C=O) groups is 2. The Morgan fingerprint density at radius 2 is 2.08 bits per heavy atom. The van der Waals surface area contributed by atoms with E-state index in [2.05, 4.69) is 16.0 Å².